The molecule has 6 nitrogen and oxygen atoms in total. The molecule has 1 aliphatic heterocycles. The lowest BCUT2D eigenvalue weighted by atomic mass is 10.0. The maximum absolute atomic E-state index is 9.87. The lowest BCUT2D eigenvalue weighted by Gasteiger charge is -2.39. The van der Waals surface area contributed by atoms with E-state index >= 15 is 0 Å². The molecule has 1 unspecified atom stereocenters. The molecule has 0 radical (unpaired) electrons. The van der Waals surface area contributed by atoms with Gasteiger partial charge in [-0.15, -0.1) is 0 Å². The van der Waals surface area contributed by atoms with Crippen molar-refractivity contribution in [3.63, 3.8) is 0 Å². The van der Waals surface area contributed by atoms with Gasteiger partial charge in [-0.05, 0) is 24.3 Å². The maximum atomic E-state index is 9.87. The molecule has 0 saturated carbocycles. The van der Waals surface area contributed by atoms with Crippen molar-refractivity contribution >= 4 is 17.4 Å². The predicted molar refractivity (Wildman–Crippen MR) is 70.5 cm³/mol. The molecule has 2 rings (SSSR count). The fraction of sp³-hybridized carbons (Fsp3) is 0.500. The lowest BCUT2D eigenvalue weighted by molar-refractivity contribution is -0.205. The molecule has 1 aromatic rings. The second kappa shape index (κ2) is 6.08. The molecule has 1 heterocycles. The standard InChI is InChI=1S/C12H17NO5S/c13-6-1-3-7(4-2-6)19-12-11(17)10(16)9(15)8(5-14)18-12/h1-4,8-12,14-17H,5,13H2/t8-,9-,10+,11-,12?/m1/s1. The van der Waals surface area contributed by atoms with Crippen molar-refractivity contribution in [1.29, 1.82) is 0 Å². The Labute approximate surface area is 114 Å². The van der Waals surface area contributed by atoms with Crippen molar-refractivity contribution in [2.75, 3.05) is 12.3 Å². The van der Waals surface area contributed by atoms with E-state index in [2.05, 4.69) is 0 Å². The van der Waals surface area contributed by atoms with E-state index in [1.54, 1.807) is 24.3 Å². The summed E-state index contributed by atoms with van der Waals surface area (Å²) in [6, 6.07) is 6.96. The molecule has 6 N–H and O–H groups in total. The van der Waals surface area contributed by atoms with Crippen molar-refractivity contribution in [3.05, 3.63) is 24.3 Å². The highest BCUT2D eigenvalue weighted by Crippen LogP contribution is 2.33. The van der Waals surface area contributed by atoms with Crippen LogP contribution in [0.1, 0.15) is 0 Å². The van der Waals surface area contributed by atoms with E-state index in [0.717, 1.165) is 4.90 Å². The molecule has 1 fully saturated rings. The summed E-state index contributed by atoms with van der Waals surface area (Å²) < 4.78 is 5.39. The minimum atomic E-state index is -1.35. The summed E-state index contributed by atoms with van der Waals surface area (Å²) in [5.41, 5.74) is 5.43. The Morgan fingerprint density at radius 1 is 1.05 bits per heavy atom. The number of thioether (sulfide) groups is 1. The molecule has 5 atom stereocenters. The highest BCUT2D eigenvalue weighted by Gasteiger charge is 2.43. The zero-order valence-corrected chi connectivity index (χ0v) is 10.9. The van der Waals surface area contributed by atoms with Gasteiger partial charge in [0.05, 0.1) is 6.61 Å². The number of hydrogen-bond acceptors (Lipinski definition) is 7. The van der Waals surface area contributed by atoms with Crippen LogP contribution in [0, 0.1) is 0 Å². The average Bonchev–Trinajstić information content (AvgIpc) is 2.42. The first-order valence-electron chi connectivity index (χ1n) is 5.85. The summed E-state index contributed by atoms with van der Waals surface area (Å²) in [7, 11) is 0. The molecule has 0 bridgehead atoms. The smallest absolute Gasteiger partial charge is 0.136 e. The summed E-state index contributed by atoms with van der Waals surface area (Å²) in [4.78, 5) is 0.804. The van der Waals surface area contributed by atoms with E-state index in [9.17, 15) is 15.3 Å². The zero-order valence-electron chi connectivity index (χ0n) is 10.1. The third-order valence-electron chi connectivity index (χ3n) is 2.98. The number of aliphatic hydroxyl groups is 4. The van der Waals surface area contributed by atoms with Gasteiger partial charge in [0.1, 0.15) is 29.9 Å². The van der Waals surface area contributed by atoms with E-state index in [-0.39, 0.29) is 0 Å². The van der Waals surface area contributed by atoms with Crippen molar-refractivity contribution < 1.29 is 25.2 Å². The molecule has 0 aliphatic carbocycles. The number of aliphatic hydroxyl groups excluding tert-OH is 4. The topological polar surface area (TPSA) is 116 Å². The van der Waals surface area contributed by atoms with Gasteiger partial charge in [0.2, 0.25) is 0 Å². The fourth-order valence-electron chi connectivity index (χ4n) is 1.85. The molecule has 0 amide bonds. The zero-order chi connectivity index (χ0) is 14.0. The third-order valence-corrected chi connectivity index (χ3v) is 4.15. The molecule has 106 valence electrons. The van der Waals surface area contributed by atoms with Gasteiger partial charge in [0.25, 0.3) is 0 Å². The number of nitrogen functional groups attached to an aromatic ring is 1. The number of benzene rings is 1. The quantitative estimate of drug-likeness (QED) is 0.460. The summed E-state index contributed by atoms with van der Waals surface area (Å²) in [5, 5.41) is 38.3. The van der Waals surface area contributed by atoms with Crippen LogP contribution in [0.2, 0.25) is 0 Å². The third kappa shape index (κ3) is 3.19. The number of hydrogen-bond donors (Lipinski definition) is 5. The molecule has 7 heteroatoms. The van der Waals surface area contributed by atoms with Crippen molar-refractivity contribution in [2.45, 2.75) is 34.7 Å². The van der Waals surface area contributed by atoms with Crippen LogP contribution in [-0.4, -0.2) is 56.9 Å². The molecule has 19 heavy (non-hydrogen) atoms. The van der Waals surface area contributed by atoms with Gasteiger partial charge in [-0.2, -0.15) is 0 Å². The molecule has 0 spiro atoms. The number of ether oxygens (including phenoxy) is 1. The van der Waals surface area contributed by atoms with E-state index in [1.165, 1.54) is 11.8 Å². The SMILES string of the molecule is Nc1ccc(SC2O[C@H](CO)[C@@H](O)[C@H](O)[C@H]2O)cc1. The summed E-state index contributed by atoms with van der Waals surface area (Å²) in [6.45, 7) is -0.427. The monoisotopic (exact) mass is 287 g/mol. The van der Waals surface area contributed by atoms with Crippen molar-refractivity contribution in [3.8, 4) is 0 Å². The molecular weight excluding hydrogens is 270 g/mol. The van der Waals surface area contributed by atoms with Gasteiger partial charge in [0.15, 0.2) is 0 Å². The normalized spacial score (nSPS) is 35.3. The van der Waals surface area contributed by atoms with Gasteiger partial charge < -0.3 is 30.9 Å². The van der Waals surface area contributed by atoms with E-state index in [4.69, 9.17) is 15.6 Å². The van der Waals surface area contributed by atoms with Gasteiger partial charge in [0, 0.05) is 10.6 Å². The Morgan fingerprint density at radius 2 is 1.68 bits per heavy atom. The second-order valence-corrected chi connectivity index (χ2v) is 5.56. The van der Waals surface area contributed by atoms with Gasteiger partial charge in [-0.3, -0.25) is 0 Å². The van der Waals surface area contributed by atoms with Crippen LogP contribution < -0.4 is 5.73 Å². The van der Waals surface area contributed by atoms with E-state index in [1.807, 2.05) is 0 Å². The second-order valence-electron chi connectivity index (χ2n) is 4.38. The first kappa shape index (κ1) is 14.6. The van der Waals surface area contributed by atoms with Crippen LogP contribution in [0.4, 0.5) is 5.69 Å². The van der Waals surface area contributed by atoms with E-state index < -0.39 is 36.5 Å². The first-order valence-corrected chi connectivity index (χ1v) is 6.73. The molecule has 1 aliphatic rings. The summed E-state index contributed by atoms with van der Waals surface area (Å²) >= 11 is 1.20. The first-order chi connectivity index (χ1) is 9.02. The Hall–Kier alpha value is -0.830. The van der Waals surface area contributed by atoms with Crippen molar-refractivity contribution in [1.82, 2.24) is 0 Å². The summed E-state index contributed by atoms with van der Waals surface area (Å²) in [5.74, 6) is 0. The molecule has 0 aromatic heterocycles. The number of rotatable bonds is 3. The Balaban J connectivity index is 2.08. The van der Waals surface area contributed by atoms with Gasteiger partial charge >= 0.3 is 0 Å². The fourth-order valence-corrected chi connectivity index (χ4v) is 2.91. The van der Waals surface area contributed by atoms with Crippen LogP contribution in [-0.2, 0) is 4.74 Å². The largest absolute Gasteiger partial charge is 0.399 e. The van der Waals surface area contributed by atoms with Crippen molar-refractivity contribution in [2.24, 2.45) is 0 Å². The lowest BCUT2D eigenvalue weighted by Crippen LogP contribution is -2.57. The molecular formula is C12H17NO5S. The van der Waals surface area contributed by atoms with Gasteiger partial charge in [-0.25, -0.2) is 0 Å². The summed E-state index contributed by atoms with van der Waals surface area (Å²) in [6.07, 6.45) is -4.80. The van der Waals surface area contributed by atoms with Crippen LogP contribution in [0.3, 0.4) is 0 Å². The van der Waals surface area contributed by atoms with Crippen LogP contribution in [0.5, 0.6) is 0 Å². The average molecular weight is 287 g/mol. The number of nitrogens with two attached hydrogens (primary N) is 1. The van der Waals surface area contributed by atoms with Crippen LogP contribution in [0.25, 0.3) is 0 Å². The molecule has 1 saturated heterocycles. The minimum absolute atomic E-state index is 0.427. The molecule has 1 aromatic carbocycles. The highest BCUT2D eigenvalue weighted by atomic mass is 32.2. The Kier molecular flexibility index (Phi) is 4.67. The maximum Gasteiger partial charge on any atom is 0.136 e. The Morgan fingerprint density at radius 3 is 2.26 bits per heavy atom. The van der Waals surface area contributed by atoms with Gasteiger partial charge in [-0.1, -0.05) is 11.8 Å². The Bertz CT molecular complexity index is 413. The predicted octanol–water partition coefficient (Wildman–Crippen LogP) is -0.839. The number of anilines is 1. The highest BCUT2D eigenvalue weighted by molar-refractivity contribution is 7.99. The van der Waals surface area contributed by atoms with E-state index in [0.29, 0.717) is 5.69 Å². The van der Waals surface area contributed by atoms with Crippen LogP contribution in [0.15, 0.2) is 29.2 Å². The minimum Gasteiger partial charge on any atom is -0.399 e. The van der Waals surface area contributed by atoms with Crippen LogP contribution >= 0.6 is 11.8 Å².